The van der Waals surface area contributed by atoms with Crippen molar-refractivity contribution in [2.24, 2.45) is 23.7 Å². The maximum absolute atomic E-state index is 13.0. The molecule has 0 spiro atoms. The smallest absolute Gasteiger partial charge is 0.343 e. The highest BCUT2D eigenvalue weighted by molar-refractivity contribution is 6.22. The summed E-state index contributed by atoms with van der Waals surface area (Å²) in [5.74, 6) is -1.74. The van der Waals surface area contributed by atoms with Gasteiger partial charge < -0.3 is 14.2 Å². The molecule has 0 radical (unpaired) electrons. The molecule has 0 aromatic heterocycles. The molecule has 2 fully saturated rings. The van der Waals surface area contributed by atoms with E-state index in [1.807, 2.05) is 12.2 Å². The molecule has 6 rings (SSSR count). The number of carbonyl (C=O) groups is 5. The average Bonchev–Trinajstić information content (AvgIpc) is 3.69. The minimum Gasteiger partial charge on any atom is -0.497 e. The van der Waals surface area contributed by atoms with Crippen molar-refractivity contribution >= 4 is 35.2 Å². The van der Waals surface area contributed by atoms with Crippen molar-refractivity contribution in [1.29, 1.82) is 0 Å². The Hall–Kier alpha value is -5.05. The van der Waals surface area contributed by atoms with Crippen LogP contribution in [0.2, 0.25) is 0 Å². The lowest BCUT2D eigenvalue weighted by Crippen LogP contribution is -2.32. The minimum atomic E-state index is -0.716. The van der Waals surface area contributed by atoms with E-state index < -0.39 is 24.3 Å². The summed E-state index contributed by atoms with van der Waals surface area (Å²) in [6.07, 6.45) is 4.92. The number of amides is 2. The Balaban J connectivity index is 1.03. The summed E-state index contributed by atoms with van der Waals surface area (Å²) in [4.78, 5) is 64.7. The molecule has 9 nitrogen and oxygen atoms in total. The van der Waals surface area contributed by atoms with Crippen molar-refractivity contribution in [1.82, 2.24) is 0 Å². The summed E-state index contributed by atoms with van der Waals surface area (Å²) in [5.41, 5.74) is 1.18. The van der Waals surface area contributed by atoms with Gasteiger partial charge in [0.15, 0.2) is 12.4 Å². The fraction of sp³-hybridized carbons (Fsp3) is 0.219. The fourth-order valence-corrected chi connectivity index (χ4v) is 5.83. The Morgan fingerprint density at radius 1 is 0.756 bits per heavy atom. The number of anilines is 1. The lowest BCUT2D eigenvalue weighted by molar-refractivity contribution is -0.123. The highest BCUT2D eigenvalue weighted by Gasteiger charge is 2.59. The zero-order chi connectivity index (χ0) is 28.7. The number of Topliss-reactive ketones (excluding diaryl/α,β-unsaturated/α-hetero) is 1. The van der Waals surface area contributed by atoms with E-state index in [0.717, 1.165) is 6.42 Å². The summed E-state index contributed by atoms with van der Waals surface area (Å²) in [5, 5.41) is 0. The SMILES string of the molecule is COc1cccc(C(=O)Oc2ccc(C(=O)COC(=O)c3ccc(N4C(=O)C5C6C=CC(C6)C5C4=O)cc3)cc2)c1. The number of fused-ring (bicyclic) bond motifs is 5. The van der Waals surface area contributed by atoms with Crippen LogP contribution in [0.5, 0.6) is 11.5 Å². The van der Waals surface area contributed by atoms with E-state index in [1.165, 1.54) is 60.5 Å². The molecule has 206 valence electrons. The second kappa shape index (κ2) is 10.5. The molecule has 1 saturated heterocycles. The van der Waals surface area contributed by atoms with Crippen LogP contribution in [-0.2, 0) is 14.3 Å². The highest BCUT2D eigenvalue weighted by Crippen LogP contribution is 2.53. The molecule has 4 atom stereocenters. The molecule has 3 aromatic rings. The molecule has 1 heterocycles. The van der Waals surface area contributed by atoms with Gasteiger partial charge in [-0.1, -0.05) is 18.2 Å². The quantitative estimate of drug-likeness (QED) is 0.134. The van der Waals surface area contributed by atoms with E-state index in [0.29, 0.717) is 17.0 Å². The van der Waals surface area contributed by atoms with Crippen LogP contribution in [0.25, 0.3) is 0 Å². The molecular weight excluding hydrogens is 526 g/mol. The Bertz CT molecular complexity index is 1560. The molecule has 2 aliphatic carbocycles. The Morgan fingerprint density at radius 3 is 2.02 bits per heavy atom. The first kappa shape index (κ1) is 26.2. The van der Waals surface area contributed by atoms with Gasteiger partial charge in [-0.2, -0.15) is 0 Å². The van der Waals surface area contributed by atoms with Crippen molar-refractivity contribution < 1.29 is 38.2 Å². The number of rotatable bonds is 8. The van der Waals surface area contributed by atoms with Gasteiger partial charge in [-0.15, -0.1) is 0 Å². The third kappa shape index (κ3) is 4.80. The number of imide groups is 1. The summed E-state index contributed by atoms with van der Waals surface area (Å²) in [6.45, 7) is -0.494. The van der Waals surface area contributed by atoms with Gasteiger partial charge >= 0.3 is 11.9 Å². The topological polar surface area (TPSA) is 116 Å². The van der Waals surface area contributed by atoms with E-state index >= 15 is 0 Å². The third-order valence-corrected chi connectivity index (χ3v) is 7.86. The number of hydrogen-bond acceptors (Lipinski definition) is 8. The van der Waals surface area contributed by atoms with Crippen molar-refractivity contribution in [2.45, 2.75) is 6.42 Å². The first-order valence-electron chi connectivity index (χ1n) is 13.2. The summed E-state index contributed by atoms with van der Waals surface area (Å²) >= 11 is 0. The maximum atomic E-state index is 13.0. The van der Waals surface area contributed by atoms with Crippen LogP contribution < -0.4 is 14.4 Å². The molecule has 41 heavy (non-hydrogen) atoms. The molecule has 9 heteroatoms. The van der Waals surface area contributed by atoms with Gasteiger partial charge in [-0.25, -0.2) is 9.59 Å². The van der Waals surface area contributed by atoms with E-state index in [9.17, 15) is 24.0 Å². The predicted molar refractivity (Wildman–Crippen MR) is 146 cm³/mol. The van der Waals surface area contributed by atoms with Gasteiger partial charge in [0.1, 0.15) is 11.5 Å². The number of esters is 2. The Labute approximate surface area is 235 Å². The van der Waals surface area contributed by atoms with E-state index in [1.54, 1.807) is 24.3 Å². The molecule has 2 amide bonds. The zero-order valence-electron chi connectivity index (χ0n) is 22.0. The van der Waals surface area contributed by atoms with Crippen LogP contribution in [0.15, 0.2) is 84.9 Å². The molecule has 3 aromatic carbocycles. The van der Waals surface area contributed by atoms with E-state index in [2.05, 4.69) is 0 Å². The number of ether oxygens (including phenoxy) is 3. The average molecular weight is 552 g/mol. The number of methoxy groups -OCH3 is 1. The monoisotopic (exact) mass is 551 g/mol. The molecule has 2 bridgehead atoms. The second-order valence-corrected chi connectivity index (χ2v) is 10.2. The number of allylic oxidation sites excluding steroid dienone is 2. The van der Waals surface area contributed by atoms with Crippen LogP contribution in [0.4, 0.5) is 5.69 Å². The van der Waals surface area contributed by atoms with Crippen molar-refractivity contribution in [3.05, 3.63) is 102 Å². The van der Waals surface area contributed by atoms with Crippen LogP contribution in [-0.4, -0.2) is 43.3 Å². The molecule has 1 saturated carbocycles. The molecule has 3 aliphatic rings. The van der Waals surface area contributed by atoms with Crippen LogP contribution in [0, 0.1) is 23.7 Å². The molecular formula is C32H25NO8. The Kier molecular flexibility index (Phi) is 6.70. The van der Waals surface area contributed by atoms with Gasteiger partial charge in [0.2, 0.25) is 11.8 Å². The van der Waals surface area contributed by atoms with Crippen LogP contribution >= 0.6 is 0 Å². The number of ketones is 1. The van der Waals surface area contributed by atoms with Gasteiger partial charge in [0.25, 0.3) is 0 Å². The Morgan fingerprint density at radius 2 is 1.39 bits per heavy atom. The van der Waals surface area contributed by atoms with Gasteiger partial charge in [-0.05, 0) is 85.0 Å². The first-order valence-corrected chi connectivity index (χ1v) is 13.2. The summed E-state index contributed by atoms with van der Waals surface area (Å²) < 4.78 is 15.6. The van der Waals surface area contributed by atoms with E-state index in [4.69, 9.17) is 14.2 Å². The fourth-order valence-electron chi connectivity index (χ4n) is 5.83. The summed E-state index contributed by atoms with van der Waals surface area (Å²) in [7, 11) is 1.50. The molecule has 0 N–H and O–H groups in total. The van der Waals surface area contributed by atoms with Gasteiger partial charge in [0, 0.05) is 5.56 Å². The van der Waals surface area contributed by atoms with Crippen molar-refractivity contribution in [3.8, 4) is 11.5 Å². The summed E-state index contributed by atoms with van der Waals surface area (Å²) in [6, 6.07) is 18.4. The maximum Gasteiger partial charge on any atom is 0.343 e. The normalized spacial score (nSPS) is 22.0. The second-order valence-electron chi connectivity index (χ2n) is 10.2. The van der Waals surface area contributed by atoms with Crippen molar-refractivity contribution in [3.63, 3.8) is 0 Å². The van der Waals surface area contributed by atoms with Crippen molar-refractivity contribution in [2.75, 3.05) is 18.6 Å². The standard InChI is InChI=1S/C32H25NO8/c1-39-25-4-2-3-22(16-25)32(38)41-24-13-9-18(10-14-24)26(34)17-40-31(37)19-7-11-23(12-8-19)33-29(35)27-20-5-6-21(15-20)28(27)30(33)36/h2-14,16,20-21,27-28H,15,17H2,1H3. The highest BCUT2D eigenvalue weighted by atomic mass is 16.5. The van der Waals surface area contributed by atoms with Gasteiger partial charge in [-0.3, -0.25) is 19.3 Å². The van der Waals surface area contributed by atoms with E-state index in [-0.39, 0.29) is 52.4 Å². The lowest BCUT2D eigenvalue weighted by atomic mass is 9.85. The predicted octanol–water partition coefficient (Wildman–Crippen LogP) is 4.27. The molecule has 1 aliphatic heterocycles. The van der Waals surface area contributed by atoms with Gasteiger partial charge in [0.05, 0.1) is 35.8 Å². The minimum absolute atomic E-state index is 0.114. The number of benzene rings is 3. The van der Waals surface area contributed by atoms with Crippen LogP contribution in [0.1, 0.15) is 37.5 Å². The molecule has 4 unspecified atom stereocenters. The largest absolute Gasteiger partial charge is 0.497 e. The number of carbonyl (C=O) groups excluding carboxylic acids is 5. The number of hydrogen-bond donors (Lipinski definition) is 0. The zero-order valence-corrected chi connectivity index (χ0v) is 22.0. The van der Waals surface area contributed by atoms with Crippen LogP contribution in [0.3, 0.4) is 0 Å². The number of nitrogens with zero attached hydrogens (tertiary/aromatic N) is 1. The first-order chi connectivity index (χ1) is 19.8. The lowest BCUT2D eigenvalue weighted by Gasteiger charge is -2.17. The third-order valence-electron chi connectivity index (χ3n) is 7.86.